The molecular formula is C17H20F2N2O4S. The van der Waals surface area contributed by atoms with Crippen LogP contribution in [0.1, 0.15) is 18.5 Å². The molecule has 9 heteroatoms. The molecule has 26 heavy (non-hydrogen) atoms. The number of esters is 1. The first-order valence-electron chi connectivity index (χ1n) is 7.81. The molecule has 0 aliphatic carbocycles. The van der Waals surface area contributed by atoms with Crippen molar-refractivity contribution in [1.82, 2.24) is 10.2 Å². The molecule has 0 aromatic heterocycles. The van der Waals surface area contributed by atoms with Crippen molar-refractivity contribution in [3.8, 4) is 5.75 Å². The standard InChI is InChI=1S/C17H20F2N2O4S/c1-10-13(15(22)24-9-8-23-3)14(20-17(26)21(10)2)11-6-4-5-7-12(11)25-16(18)19/h4-7,14,16H,8-9H2,1-3H3,(H,20,26)/t14-/m1/s1. The lowest BCUT2D eigenvalue weighted by Gasteiger charge is -2.35. The molecule has 1 aliphatic heterocycles. The van der Waals surface area contributed by atoms with E-state index in [9.17, 15) is 13.6 Å². The zero-order chi connectivity index (χ0) is 19.3. The van der Waals surface area contributed by atoms with Gasteiger partial charge in [-0.15, -0.1) is 0 Å². The third-order valence-electron chi connectivity index (χ3n) is 3.94. The summed E-state index contributed by atoms with van der Waals surface area (Å²) in [5, 5.41) is 3.34. The highest BCUT2D eigenvalue weighted by Crippen LogP contribution is 2.36. The number of thiocarbonyl (C=S) groups is 1. The van der Waals surface area contributed by atoms with Gasteiger partial charge in [-0.3, -0.25) is 0 Å². The van der Waals surface area contributed by atoms with Crippen molar-refractivity contribution < 1.29 is 27.8 Å². The fourth-order valence-electron chi connectivity index (χ4n) is 2.55. The van der Waals surface area contributed by atoms with Crippen molar-refractivity contribution >= 4 is 23.3 Å². The van der Waals surface area contributed by atoms with Gasteiger partial charge in [0.2, 0.25) is 0 Å². The number of para-hydroxylation sites is 1. The molecule has 0 fully saturated rings. The molecular weight excluding hydrogens is 366 g/mol. The summed E-state index contributed by atoms with van der Waals surface area (Å²) in [6.45, 7) is -0.960. The molecule has 0 unspecified atom stereocenters. The van der Waals surface area contributed by atoms with Crippen molar-refractivity contribution in [2.24, 2.45) is 0 Å². The Bertz CT molecular complexity index is 712. The van der Waals surface area contributed by atoms with Crippen LogP contribution >= 0.6 is 12.2 Å². The number of alkyl halides is 2. The molecule has 0 bridgehead atoms. The average Bonchev–Trinajstić information content (AvgIpc) is 2.59. The molecule has 1 aliphatic rings. The number of benzene rings is 1. The predicted octanol–water partition coefficient (Wildman–Crippen LogP) is 2.61. The highest BCUT2D eigenvalue weighted by molar-refractivity contribution is 7.80. The van der Waals surface area contributed by atoms with Crippen molar-refractivity contribution in [2.45, 2.75) is 19.6 Å². The van der Waals surface area contributed by atoms with E-state index in [0.29, 0.717) is 16.4 Å². The largest absolute Gasteiger partial charge is 0.460 e. The van der Waals surface area contributed by atoms with Crippen LogP contribution in [-0.4, -0.2) is 50.0 Å². The van der Waals surface area contributed by atoms with Crippen LogP contribution in [0.15, 0.2) is 35.5 Å². The van der Waals surface area contributed by atoms with Crippen LogP contribution in [0.5, 0.6) is 5.75 Å². The van der Waals surface area contributed by atoms with E-state index in [0.717, 1.165) is 0 Å². The molecule has 2 rings (SSSR count). The minimum absolute atomic E-state index is 0.0395. The van der Waals surface area contributed by atoms with Crippen molar-refractivity contribution in [3.05, 3.63) is 41.1 Å². The van der Waals surface area contributed by atoms with E-state index in [2.05, 4.69) is 10.1 Å². The van der Waals surface area contributed by atoms with E-state index in [1.807, 2.05) is 0 Å². The summed E-state index contributed by atoms with van der Waals surface area (Å²) in [6, 6.07) is 5.47. The molecule has 1 N–H and O–H groups in total. The summed E-state index contributed by atoms with van der Waals surface area (Å²) in [5.74, 6) is -0.624. The van der Waals surface area contributed by atoms with Crippen LogP contribution in [0.25, 0.3) is 0 Å². The highest BCUT2D eigenvalue weighted by Gasteiger charge is 2.35. The second-order valence-corrected chi connectivity index (χ2v) is 5.87. The van der Waals surface area contributed by atoms with Gasteiger partial charge < -0.3 is 24.4 Å². The van der Waals surface area contributed by atoms with Crippen LogP contribution in [0.4, 0.5) is 8.78 Å². The average molecular weight is 386 g/mol. The first kappa shape index (κ1) is 20.1. The Labute approximate surface area is 155 Å². The number of halogens is 2. The SMILES string of the molecule is COCCOC(=O)C1=C(C)N(C)C(=S)N[C@@H]1c1ccccc1OC(F)F. The summed E-state index contributed by atoms with van der Waals surface area (Å²) in [7, 11) is 3.19. The van der Waals surface area contributed by atoms with Gasteiger partial charge in [-0.05, 0) is 25.2 Å². The number of hydrogen-bond acceptors (Lipinski definition) is 5. The third-order valence-corrected chi connectivity index (χ3v) is 4.33. The van der Waals surface area contributed by atoms with Gasteiger partial charge in [0.25, 0.3) is 0 Å². The fourth-order valence-corrected chi connectivity index (χ4v) is 2.81. The van der Waals surface area contributed by atoms with E-state index in [1.54, 1.807) is 37.1 Å². The maximum atomic E-state index is 12.8. The number of nitrogens with zero attached hydrogens (tertiary/aromatic N) is 1. The molecule has 0 saturated carbocycles. The van der Waals surface area contributed by atoms with Crippen LogP contribution in [0.2, 0.25) is 0 Å². The Morgan fingerprint density at radius 3 is 2.69 bits per heavy atom. The first-order valence-corrected chi connectivity index (χ1v) is 8.22. The van der Waals surface area contributed by atoms with E-state index in [1.165, 1.54) is 13.2 Å². The molecule has 1 atom stereocenters. The predicted molar refractivity (Wildman–Crippen MR) is 94.8 cm³/mol. The maximum Gasteiger partial charge on any atom is 0.387 e. The maximum absolute atomic E-state index is 12.8. The van der Waals surface area contributed by atoms with Gasteiger partial charge in [0, 0.05) is 25.4 Å². The van der Waals surface area contributed by atoms with Crippen molar-refractivity contribution in [2.75, 3.05) is 27.4 Å². The monoisotopic (exact) mass is 386 g/mol. The van der Waals surface area contributed by atoms with Gasteiger partial charge in [0.1, 0.15) is 12.4 Å². The number of allylic oxidation sites excluding steroid dienone is 1. The molecule has 1 aromatic carbocycles. The van der Waals surface area contributed by atoms with Crippen LogP contribution in [-0.2, 0) is 14.3 Å². The number of carbonyl (C=O) groups is 1. The van der Waals surface area contributed by atoms with Gasteiger partial charge in [0.05, 0.1) is 18.2 Å². The van der Waals surface area contributed by atoms with Crippen molar-refractivity contribution in [3.63, 3.8) is 0 Å². The second kappa shape index (κ2) is 8.91. The Hall–Kier alpha value is -2.26. The molecule has 1 aromatic rings. The summed E-state index contributed by atoms with van der Waals surface area (Å²) in [6.07, 6.45) is 0. The fraction of sp³-hybridized carbons (Fsp3) is 0.412. The number of carbonyl (C=O) groups excluding carboxylic acids is 1. The minimum Gasteiger partial charge on any atom is -0.460 e. The van der Waals surface area contributed by atoms with Crippen molar-refractivity contribution in [1.29, 1.82) is 0 Å². The topological polar surface area (TPSA) is 60.0 Å². The number of methoxy groups -OCH3 is 1. The summed E-state index contributed by atoms with van der Waals surface area (Å²) >= 11 is 5.28. The highest BCUT2D eigenvalue weighted by atomic mass is 32.1. The molecule has 1 heterocycles. The van der Waals surface area contributed by atoms with Gasteiger partial charge in [-0.2, -0.15) is 8.78 Å². The Morgan fingerprint density at radius 1 is 1.35 bits per heavy atom. The van der Waals surface area contributed by atoms with Gasteiger partial charge in [0.15, 0.2) is 5.11 Å². The van der Waals surface area contributed by atoms with E-state index in [-0.39, 0.29) is 24.5 Å². The Kier molecular flexibility index (Phi) is 6.87. The van der Waals surface area contributed by atoms with E-state index in [4.69, 9.17) is 21.7 Å². The van der Waals surface area contributed by atoms with Gasteiger partial charge >= 0.3 is 12.6 Å². The second-order valence-electron chi connectivity index (χ2n) is 5.49. The number of hydrogen-bond donors (Lipinski definition) is 1. The molecule has 0 radical (unpaired) electrons. The molecule has 6 nitrogen and oxygen atoms in total. The molecule has 0 spiro atoms. The van der Waals surface area contributed by atoms with Crippen LogP contribution < -0.4 is 10.1 Å². The molecule has 0 amide bonds. The lowest BCUT2D eigenvalue weighted by Crippen LogP contribution is -2.46. The molecule has 142 valence electrons. The summed E-state index contributed by atoms with van der Waals surface area (Å²) in [5.41, 5.74) is 1.19. The van der Waals surface area contributed by atoms with Crippen LogP contribution in [0.3, 0.4) is 0 Å². The minimum atomic E-state index is -2.99. The van der Waals surface area contributed by atoms with E-state index >= 15 is 0 Å². The quantitative estimate of drug-likeness (QED) is 0.439. The van der Waals surface area contributed by atoms with Gasteiger partial charge in [-0.25, -0.2) is 4.79 Å². The summed E-state index contributed by atoms with van der Waals surface area (Å²) < 4.78 is 40.2. The lowest BCUT2D eigenvalue weighted by atomic mass is 9.94. The zero-order valence-corrected chi connectivity index (χ0v) is 15.4. The summed E-state index contributed by atoms with van der Waals surface area (Å²) in [4.78, 5) is 14.2. The molecule has 0 saturated heterocycles. The number of ether oxygens (including phenoxy) is 3. The Morgan fingerprint density at radius 2 is 2.04 bits per heavy atom. The normalized spacial score (nSPS) is 17.4. The van der Waals surface area contributed by atoms with Gasteiger partial charge in [-0.1, -0.05) is 18.2 Å². The third kappa shape index (κ3) is 4.47. The zero-order valence-electron chi connectivity index (χ0n) is 14.6. The smallest absolute Gasteiger partial charge is 0.387 e. The lowest BCUT2D eigenvalue weighted by molar-refractivity contribution is -0.140. The number of rotatable bonds is 7. The first-order chi connectivity index (χ1) is 12.4. The Balaban J connectivity index is 2.44. The number of nitrogens with one attached hydrogen (secondary N) is 1. The van der Waals surface area contributed by atoms with E-state index < -0.39 is 18.6 Å². The van der Waals surface area contributed by atoms with Crippen LogP contribution in [0, 0.1) is 0 Å².